The van der Waals surface area contributed by atoms with E-state index in [0.29, 0.717) is 17.1 Å². The molecular weight excluding hydrogens is 214 g/mol. The quantitative estimate of drug-likeness (QED) is 0.741. The van der Waals surface area contributed by atoms with Gasteiger partial charge in [-0.2, -0.15) is 0 Å². The van der Waals surface area contributed by atoms with Crippen LogP contribution in [-0.4, -0.2) is 21.1 Å². The van der Waals surface area contributed by atoms with Crippen molar-refractivity contribution in [3.63, 3.8) is 0 Å². The van der Waals surface area contributed by atoms with Crippen molar-refractivity contribution in [3.8, 4) is 0 Å². The van der Waals surface area contributed by atoms with Gasteiger partial charge in [0.25, 0.3) is 0 Å². The second kappa shape index (κ2) is 3.90. The van der Waals surface area contributed by atoms with E-state index in [-0.39, 0.29) is 0 Å². The van der Waals surface area contributed by atoms with E-state index in [0.717, 1.165) is 11.0 Å². The highest BCUT2D eigenvalue weighted by Gasteiger charge is 2.09. The lowest BCUT2D eigenvalue weighted by molar-refractivity contribution is 0.109. The van der Waals surface area contributed by atoms with E-state index in [1.165, 1.54) is 11.8 Å². The summed E-state index contributed by atoms with van der Waals surface area (Å²) in [5.74, 6) is 1.15. The van der Waals surface area contributed by atoms with E-state index in [2.05, 4.69) is 10.2 Å². The number of aromatic nitrogens is 3. The van der Waals surface area contributed by atoms with Crippen molar-refractivity contribution in [2.75, 3.05) is 0 Å². The number of carbonyl (C=O) groups is 1. The zero-order valence-electron chi connectivity index (χ0n) is 8.30. The van der Waals surface area contributed by atoms with Crippen molar-refractivity contribution < 1.29 is 9.21 Å². The van der Waals surface area contributed by atoms with Gasteiger partial charge < -0.3 is 8.98 Å². The Morgan fingerprint density at radius 2 is 2.27 bits per heavy atom. The molecule has 0 aromatic carbocycles. The minimum absolute atomic E-state index is 0.316. The zero-order valence-corrected chi connectivity index (χ0v) is 9.11. The molecule has 0 bridgehead atoms. The van der Waals surface area contributed by atoms with E-state index >= 15 is 0 Å². The van der Waals surface area contributed by atoms with E-state index in [1.54, 1.807) is 12.1 Å². The molecule has 0 radical (unpaired) electrons. The first-order valence-electron chi connectivity index (χ1n) is 4.29. The molecule has 0 saturated heterocycles. The first-order valence-corrected chi connectivity index (χ1v) is 5.11. The molecule has 2 aromatic rings. The third-order valence-electron chi connectivity index (χ3n) is 1.96. The lowest BCUT2D eigenvalue weighted by Crippen LogP contribution is -1.92. The summed E-state index contributed by atoms with van der Waals surface area (Å²) in [6.07, 6.45) is 0.673. The number of rotatable bonds is 3. The molecule has 2 heterocycles. The standard InChI is InChI=1S/C9H9N3O2S/c1-6-10-11-9(12(6)2)15-8-4-3-7(5-13)14-8/h3-5H,1-2H3. The molecule has 0 aliphatic rings. The minimum atomic E-state index is 0.316. The second-order valence-corrected chi connectivity index (χ2v) is 3.94. The Morgan fingerprint density at radius 1 is 1.47 bits per heavy atom. The molecule has 0 N–H and O–H groups in total. The second-order valence-electron chi connectivity index (χ2n) is 2.97. The van der Waals surface area contributed by atoms with Crippen LogP contribution in [0.25, 0.3) is 0 Å². The van der Waals surface area contributed by atoms with Crippen LogP contribution in [0, 0.1) is 6.92 Å². The molecular formula is C9H9N3O2S. The van der Waals surface area contributed by atoms with Crippen molar-refractivity contribution in [3.05, 3.63) is 23.7 Å². The van der Waals surface area contributed by atoms with Crippen LogP contribution in [0.1, 0.15) is 16.4 Å². The molecule has 0 amide bonds. The van der Waals surface area contributed by atoms with Crippen LogP contribution in [0.3, 0.4) is 0 Å². The molecule has 0 spiro atoms. The van der Waals surface area contributed by atoms with Gasteiger partial charge in [-0.25, -0.2) is 0 Å². The molecule has 0 fully saturated rings. The van der Waals surface area contributed by atoms with Crippen LogP contribution in [0.5, 0.6) is 0 Å². The Morgan fingerprint density at radius 3 is 2.80 bits per heavy atom. The molecule has 5 nitrogen and oxygen atoms in total. The van der Waals surface area contributed by atoms with Gasteiger partial charge in [-0.1, -0.05) is 0 Å². The fourth-order valence-corrected chi connectivity index (χ4v) is 1.82. The Hall–Kier alpha value is -1.56. The molecule has 15 heavy (non-hydrogen) atoms. The van der Waals surface area contributed by atoms with Gasteiger partial charge in [-0.05, 0) is 30.8 Å². The van der Waals surface area contributed by atoms with Gasteiger partial charge in [-0.3, -0.25) is 4.79 Å². The maximum absolute atomic E-state index is 10.4. The van der Waals surface area contributed by atoms with E-state index in [4.69, 9.17) is 4.42 Å². The first-order chi connectivity index (χ1) is 7.20. The summed E-state index contributed by atoms with van der Waals surface area (Å²) in [5, 5.41) is 9.26. The van der Waals surface area contributed by atoms with Crippen molar-refractivity contribution in [1.29, 1.82) is 0 Å². The number of nitrogens with zero attached hydrogens (tertiary/aromatic N) is 3. The number of furan rings is 1. The Balaban J connectivity index is 2.21. The number of aryl methyl sites for hydroxylation is 1. The van der Waals surface area contributed by atoms with Crippen molar-refractivity contribution >= 4 is 18.0 Å². The number of hydrogen-bond donors (Lipinski definition) is 0. The first kappa shape index (κ1) is 9.97. The monoisotopic (exact) mass is 223 g/mol. The summed E-state index contributed by atoms with van der Waals surface area (Å²) < 4.78 is 7.07. The average molecular weight is 223 g/mol. The molecule has 0 aliphatic heterocycles. The van der Waals surface area contributed by atoms with Crippen LogP contribution in [-0.2, 0) is 7.05 Å². The molecule has 0 unspecified atom stereocenters. The normalized spacial score (nSPS) is 10.5. The van der Waals surface area contributed by atoms with Crippen LogP contribution in [0.4, 0.5) is 0 Å². The van der Waals surface area contributed by atoms with Gasteiger partial charge in [0.2, 0.25) is 0 Å². The van der Waals surface area contributed by atoms with Gasteiger partial charge in [0.05, 0.1) is 0 Å². The van der Waals surface area contributed by atoms with Gasteiger partial charge in [-0.15, -0.1) is 10.2 Å². The Kier molecular flexibility index (Phi) is 2.59. The van der Waals surface area contributed by atoms with Gasteiger partial charge in [0, 0.05) is 7.05 Å². The highest BCUT2D eigenvalue weighted by atomic mass is 32.2. The predicted molar refractivity (Wildman–Crippen MR) is 54.0 cm³/mol. The topological polar surface area (TPSA) is 60.9 Å². The largest absolute Gasteiger partial charge is 0.447 e. The number of aldehydes is 1. The van der Waals surface area contributed by atoms with E-state index in [9.17, 15) is 4.79 Å². The Labute approximate surface area is 90.5 Å². The van der Waals surface area contributed by atoms with Crippen LogP contribution in [0.15, 0.2) is 26.8 Å². The molecule has 2 rings (SSSR count). The maximum Gasteiger partial charge on any atom is 0.198 e. The van der Waals surface area contributed by atoms with Crippen LogP contribution >= 0.6 is 11.8 Å². The Bertz CT molecular complexity index is 489. The fraction of sp³-hybridized carbons (Fsp3) is 0.222. The van der Waals surface area contributed by atoms with Crippen molar-refractivity contribution in [1.82, 2.24) is 14.8 Å². The third-order valence-corrected chi connectivity index (χ3v) is 2.92. The predicted octanol–water partition coefficient (Wildman–Crippen LogP) is 1.68. The summed E-state index contributed by atoms with van der Waals surface area (Å²) in [4.78, 5) is 10.4. The van der Waals surface area contributed by atoms with Gasteiger partial charge in [0.15, 0.2) is 22.3 Å². The number of carbonyl (C=O) groups excluding carboxylic acids is 1. The molecule has 0 atom stereocenters. The third kappa shape index (κ3) is 1.94. The molecule has 0 saturated carbocycles. The summed E-state index contributed by atoms with van der Waals surface area (Å²) in [5.41, 5.74) is 0. The molecule has 0 aliphatic carbocycles. The average Bonchev–Trinajstić information content (AvgIpc) is 2.80. The highest BCUT2D eigenvalue weighted by molar-refractivity contribution is 7.99. The van der Waals surface area contributed by atoms with Crippen molar-refractivity contribution in [2.24, 2.45) is 7.05 Å². The summed E-state index contributed by atoms with van der Waals surface area (Å²) >= 11 is 1.34. The SMILES string of the molecule is Cc1nnc(Sc2ccc(C=O)o2)n1C. The van der Waals surface area contributed by atoms with E-state index in [1.807, 2.05) is 18.5 Å². The summed E-state index contributed by atoms with van der Waals surface area (Å²) in [6.45, 7) is 1.87. The number of hydrogen-bond acceptors (Lipinski definition) is 5. The lowest BCUT2D eigenvalue weighted by atomic mass is 10.5. The van der Waals surface area contributed by atoms with Crippen molar-refractivity contribution in [2.45, 2.75) is 17.2 Å². The molecule has 2 aromatic heterocycles. The van der Waals surface area contributed by atoms with Gasteiger partial charge >= 0.3 is 0 Å². The van der Waals surface area contributed by atoms with Crippen LogP contribution in [0.2, 0.25) is 0 Å². The van der Waals surface area contributed by atoms with Crippen LogP contribution < -0.4 is 0 Å². The van der Waals surface area contributed by atoms with Gasteiger partial charge in [0.1, 0.15) is 5.82 Å². The lowest BCUT2D eigenvalue weighted by Gasteiger charge is -1.97. The molecule has 78 valence electrons. The summed E-state index contributed by atoms with van der Waals surface area (Å²) in [7, 11) is 1.88. The smallest absolute Gasteiger partial charge is 0.198 e. The molecule has 6 heteroatoms. The fourth-order valence-electron chi connectivity index (χ4n) is 1.02. The highest BCUT2D eigenvalue weighted by Crippen LogP contribution is 2.27. The minimum Gasteiger partial charge on any atom is -0.447 e. The maximum atomic E-state index is 10.4. The summed E-state index contributed by atoms with van der Waals surface area (Å²) in [6, 6.07) is 3.36. The van der Waals surface area contributed by atoms with E-state index < -0.39 is 0 Å². The zero-order chi connectivity index (χ0) is 10.8.